The van der Waals surface area contributed by atoms with Crippen LogP contribution < -0.4 is 21.2 Å². The predicted octanol–water partition coefficient (Wildman–Crippen LogP) is 1.00. The molecule has 2 aromatic rings. The zero-order valence-electron chi connectivity index (χ0n) is 18.8. The molecule has 12 heteroatoms. The summed E-state index contributed by atoms with van der Waals surface area (Å²) in [5.74, 6) is -1.47. The number of nitrogens with two attached hydrogens (primary N) is 1. The number of benzene rings is 1. The van der Waals surface area contributed by atoms with Crippen LogP contribution in [0.15, 0.2) is 36.3 Å². The molecule has 5 N–H and O–H groups in total. The summed E-state index contributed by atoms with van der Waals surface area (Å²) in [5.41, 5.74) is 8.24. The lowest BCUT2D eigenvalue weighted by molar-refractivity contribution is -0.127. The standard InChI is InChI=1S/C21H29N5O6S/c1-5-33(30,31)26(10-9-19(22)27)25-21(29)16(11-13(2)3)24-20(28)17-12-14-15(23-17)7-6-8-18(14)32-4/h5-8,12-13,16,23H,1,9-11H2,2-4H3,(H2,22,27)(H,24,28)(H,25,29)/t16-/m0/s1. The Labute approximate surface area is 192 Å². The molecule has 33 heavy (non-hydrogen) atoms. The van der Waals surface area contributed by atoms with Crippen LogP contribution in [-0.2, 0) is 19.6 Å². The Balaban J connectivity index is 2.25. The van der Waals surface area contributed by atoms with E-state index in [4.69, 9.17) is 10.5 Å². The van der Waals surface area contributed by atoms with Crippen molar-refractivity contribution in [3.8, 4) is 5.75 Å². The molecule has 0 aliphatic carbocycles. The van der Waals surface area contributed by atoms with Crippen LogP contribution in [0.3, 0.4) is 0 Å². The van der Waals surface area contributed by atoms with Crippen molar-refractivity contribution in [2.75, 3.05) is 13.7 Å². The van der Waals surface area contributed by atoms with Crippen molar-refractivity contribution >= 4 is 38.6 Å². The number of primary amides is 1. The molecule has 0 radical (unpaired) electrons. The molecule has 1 aromatic carbocycles. The van der Waals surface area contributed by atoms with Crippen molar-refractivity contribution in [1.82, 2.24) is 20.1 Å². The van der Waals surface area contributed by atoms with Gasteiger partial charge < -0.3 is 20.8 Å². The van der Waals surface area contributed by atoms with Gasteiger partial charge >= 0.3 is 0 Å². The van der Waals surface area contributed by atoms with Crippen molar-refractivity contribution in [3.63, 3.8) is 0 Å². The van der Waals surface area contributed by atoms with E-state index >= 15 is 0 Å². The lowest BCUT2D eigenvalue weighted by Gasteiger charge is -2.25. The largest absolute Gasteiger partial charge is 0.496 e. The molecular weight excluding hydrogens is 450 g/mol. The van der Waals surface area contributed by atoms with Crippen molar-refractivity contribution in [1.29, 1.82) is 0 Å². The molecule has 0 saturated heterocycles. The second kappa shape index (κ2) is 11.0. The average molecular weight is 480 g/mol. The Bertz CT molecular complexity index is 1140. The summed E-state index contributed by atoms with van der Waals surface area (Å²) in [4.78, 5) is 39.9. The number of carbonyl (C=O) groups excluding carboxylic acids is 3. The first-order valence-corrected chi connectivity index (χ1v) is 11.7. The zero-order chi connectivity index (χ0) is 24.8. The fourth-order valence-corrected chi connectivity index (χ4v) is 3.86. The Morgan fingerprint density at radius 1 is 1.30 bits per heavy atom. The molecule has 2 rings (SSSR count). The van der Waals surface area contributed by atoms with E-state index in [1.165, 1.54) is 7.11 Å². The van der Waals surface area contributed by atoms with Crippen molar-refractivity contribution < 1.29 is 27.5 Å². The van der Waals surface area contributed by atoms with E-state index in [0.29, 0.717) is 26.5 Å². The Kier molecular flexibility index (Phi) is 8.60. The molecule has 0 saturated carbocycles. The number of amides is 3. The SMILES string of the molecule is C=CS(=O)(=O)N(CCC(N)=O)NC(=O)[C@H](CC(C)C)NC(=O)c1cc2c(OC)cccc2[nH]1. The molecule has 0 aliphatic heterocycles. The maximum absolute atomic E-state index is 12.9. The molecule has 1 heterocycles. The van der Waals surface area contributed by atoms with Crippen molar-refractivity contribution in [3.05, 3.63) is 41.9 Å². The van der Waals surface area contributed by atoms with Crippen LogP contribution in [0.2, 0.25) is 0 Å². The van der Waals surface area contributed by atoms with Gasteiger partial charge in [-0.05, 0) is 30.5 Å². The number of carbonyl (C=O) groups is 3. The molecule has 0 spiro atoms. The van der Waals surface area contributed by atoms with Crippen LogP contribution in [0.25, 0.3) is 10.9 Å². The summed E-state index contributed by atoms with van der Waals surface area (Å²) in [5, 5.41) is 3.98. The van der Waals surface area contributed by atoms with E-state index in [-0.39, 0.29) is 31.0 Å². The smallest absolute Gasteiger partial charge is 0.268 e. The Morgan fingerprint density at radius 2 is 2.00 bits per heavy atom. The maximum atomic E-state index is 12.9. The minimum atomic E-state index is -4.09. The van der Waals surface area contributed by atoms with Gasteiger partial charge in [0.25, 0.3) is 21.8 Å². The van der Waals surface area contributed by atoms with Crippen LogP contribution >= 0.6 is 0 Å². The predicted molar refractivity (Wildman–Crippen MR) is 123 cm³/mol. The van der Waals surface area contributed by atoms with Crippen LogP contribution in [0.1, 0.15) is 37.2 Å². The number of sulfonamides is 1. The first-order chi connectivity index (χ1) is 15.5. The quantitative estimate of drug-likeness (QED) is 0.332. The molecule has 11 nitrogen and oxygen atoms in total. The number of aromatic nitrogens is 1. The highest BCUT2D eigenvalue weighted by atomic mass is 32.2. The summed E-state index contributed by atoms with van der Waals surface area (Å²) < 4.78 is 30.3. The fourth-order valence-electron chi connectivity index (χ4n) is 3.12. The van der Waals surface area contributed by atoms with Gasteiger partial charge in [-0.25, -0.2) is 8.42 Å². The summed E-state index contributed by atoms with van der Waals surface area (Å²) in [6.07, 6.45) is -0.0790. The van der Waals surface area contributed by atoms with Gasteiger partial charge in [-0.2, -0.15) is 0 Å². The number of fused-ring (bicyclic) bond motifs is 1. The zero-order valence-corrected chi connectivity index (χ0v) is 19.6. The van der Waals surface area contributed by atoms with Crippen LogP contribution in [0, 0.1) is 5.92 Å². The van der Waals surface area contributed by atoms with Crippen LogP contribution in [0.4, 0.5) is 0 Å². The van der Waals surface area contributed by atoms with Crippen molar-refractivity contribution in [2.24, 2.45) is 11.7 Å². The number of rotatable bonds is 12. The van der Waals surface area contributed by atoms with E-state index in [0.717, 1.165) is 0 Å². The number of hydrazine groups is 1. The van der Waals surface area contributed by atoms with Gasteiger partial charge in [0.2, 0.25) is 5.91 Å². The Morgan fingerprint density at radius 3 is 2.58 bits per heavy atom. The number of aromatic amines is 1. The molecule has 1 atom stereocenters. The second-order valence-corrected chi connectivity index (χ2v) is 9.54. The molecule has 0 bridgehead atoms. The van der Waals surface area contributed by atoms with Gasteiger partial charge in [0.05, 0.1) is 7.11 Å². The van der Waals surface area contributed by atoms with E-state index in [1.54, 1.807) is 24.3 Å². The van der Waals surface area contributed by atoms with Gasteiger partial charge in [0.15, 0.2) is 0 Å². The second-order valence-electron chi connectivity index (χ2n) is 7.74. The number of ether oxygens (including phenoxy) is 1. The molecule has 0 fully saturated rings. The molecule has 0 aliphatic rings. The molecule has 3 amide bonds. The lowest BCUT2D eigenvalue weighted by atomic mass is 10.0. The number of hydrogen-bond donors (Lipinski definition) is 4. The molecule has 0 unspecified atom stereocenters. The summed E-state index contributed by atoms with van der Waals surface area (Å²) in [6.45, 7) is 6.55. The third-order valence-corrected chi connectivity index (χ3v) is 6.04. The highest BCUT2D eigenvalue weighted by Gasteiger charge is 2.28. The van der Waals surface area contributed by atoms with E-state index in [9.17, 15) is 22.8 Å². The van der Waals surface area contributed by atoms with Crippen LogP contribution in [-0.4, -0.2) is 55.2 Å². The average Bonchev–Trinajstić information content (AvgIpc) is 3.20. The minimum absolute atomic E-state index is 0.000982. The molecule has 1 aromatic heterocycles. The summed E-state index contributed by atoms with van der Waals surface area (Å²) >= 11 is 0. The number of H-pyrrole nitrogens is 1. The highest BCUT2D eigenvalue weighted by molar-refractivity contribution is 7.91. The lowest BCUT2D eigenvalue weighted by Crippen LogP contribution is -2.54. The molecule has 180 valence electrons. The summed E-state index contributed by atoms with van der Waals surface area (Å²) in [6, 6.07) is 5.86. The van der Waals surface area contributed by atoms with E-state index < -0.39 is 33.8 Å². The van der Waals surface area contributed by atoms with Gasteiger partial charge in [-0.1, -0.05) is 26.5 Å². The third-order valence-electron chi connectivity index (χ3n) is 4.73. The summed E-state index contributed by atoms with van der Waals surface area (Å²) in [7, 11) is -2.57. The first kappa shape index (κ1) is 25.9. The number of hydrogen-bond acceptors (Lipinski definition) is 6. The normalized spacial score (nSPS) is 12.5. The van der Waals surface area contributed by atoms with E-state index in [1.807, 2.05) is 13.8 Å². The van der Waals surface area contributed by atoms with Crippen molar-refractivity contribution in [2.45, 2.75) is 32.7 Å². The van der Waals surface area contributed by atoms with Crippen LogP contribution in [0.5, 0.6) is 5.75 Å². The Hall–Kier alpha value is -3.38. The number of nitrogens with zero attached hydrogens (tertiary/aromatic N) is 1. The molecular formula is C21H29N5O6S. The van der Waals surface area contributed by atoms with Gasteiger partial charge in [-0.15, -0.1) is 4.41 Å². The van der Waals surface area contributed by atoms with Gasteiger partial charge in [0.1, 0.15) is 17.5 Å². The maximum Gasteiger partial charge on any atom is 0.268 e. The third kappa shape index (κ3) is 6.80. The topological polar surface area (TPSA) is 164 Å². The van der Waals surface area contributed by atoms with E-state index in [2.05, 4.69) is 22.3 Å². The number of methoxy groups -OCH3 is 1. The first-order valence-electron chi connectivity index (χ1n) is 10.2. The monoisotopic (exact) mass is 479 g/mol. The van der Waals surface area contributed by atoms with Gasteiger partial charge in [0, 0.05) is 29.3 Å². The van der Waals surface area contributed by atoms with Gasteiger partial charge in [-0.3, -0.25) is 19.8 Å². The minimum Gasteiger partial charge on any atom is -0.496 e. The highest BCUT2D eigenvalue weighted by Crippen LogP contribution is 2.26. The fraction of sp³-hybridized carbons (Fsp3) is 0.381. The number of nitrogens with one attached hydrogen (secondary N) is 3.